The molecule has 0 saturated heterocycles. The van der Waals surface area contributed by atoms with Gasteiger partial charge in [-0.3, -0.25) is 4.99 Å². The van der Waals surface area contributed by atoms with Crippen LogP contribution in [0.3, 0.4) is 0 Å². The third-order valence-corrected chi connectivity index (χ3v) is 5.73. The van der Waals surface area contributed by atoms with E-state index in [1.807, 2.05) is 54.7 Å². The highest BCUT2D eigenvalue weighted by Crippen LogP contribution is 2.35. The van der Waals surface area contributed by atoms with Gasteiger partial charge in [-0.05, 0) is 91.4 Å². The first-order valence-electron chi connectivity index (χ1n) is 8.54. The molecule has 27 heavy (non-hydrogen) atoms. The molecule has 0 bridgehead atoms. The molecule has 0 aliphatic carbocycles. The van der Waals surface area contributed by atoms with Crippen LogP contribution < -0.4 is 4.74 Å². The van der Waals surface area contributed by atoms with Crippen LogP contribution in [0.25, 0.3) is 0 Å². The van der Waals surface area contributed by atoms with E-state index in [0.29, 0.717) is 6.61 Å². The fourth-order valence-corrected chi connectivity index (χ4v) is 4.21. The van der Waals surface area contributed by atoms with Gasteiger partial charge in [0.25, 0.3) is 0 Å². The van der Waals surface area contributed by atoms with Gasteiger partial charge in [0.2, 0.25) is 0 Å². The summed E-state index contributed by atoms with van der Waals surface area (Å²) in [5, 5.41) is 0. The lowest BCUT2D eigenvalue weighted by molar-refractivity contribution is 0.302. The molecule has 0 spiro atoms. The molecule has 138 valence electrons. The summed E-state index contributed by atoms with van der Waals surface area (Å²) in [7, 11) is 0. The van der Waals surface area contributed by atoms with Gasteiger partial charge in [0.05, 0.1) is 14.6 Å². The Kier molecular flexibility index (Phi) is 7.27. The van der Waals surface area contributed by atoms with Crippen LogP contribution in [0.15, 0.2) is 79.1 Å². The number of aliphatic imine (C=N–C) groups is 1. The van der Waals surface area contributed by atoms with Gasteiger partial charge >= 0.3 is 0 Å². The Balaban J connectivity index is 1.71. The molecule has 0 unspecified atom stereocenters. The number of ether oxygens (including phenoxy) is 1. The first-order chi connectivity index (χ1) is 13.0. The molecule has 0 amide bonds. The van der Waals surface area contributed by atoms with Crippen molar-refractivity contribution in [2.24, 2.45) is 4.99 Å². The Morgan fingerprint density at radius 3 is 2.04 bits per heavy atom. The van der Waals surface area contributed by atoms with Crippen molar-refractivity contribution in [1.82, 2.24) is 0 Å². The summed E-state index contributed by atoms with van der Waals surface area (Å²) in [6.07, 6.45) is 2.89. The number of hydrogen-bond donors (Lipinski definition) is 0. The van der Waals surface area contributed by atoms with E-state index < -0.39 is 0 Å². The van der Waals surface area contributed by atoms with Gasteiger partial charge in [0.15, 0.2) is 0 Å². The fourth-order valence-electron chi connectivity index (χ4n) is 2.49. The Bertz CT molecular complexity index is 912. The number of benzene rings is 3. The van der Waals surface area contributed by atoms with Crippen molar-refractivity contribution in [2.45, 2.75) is 20.0 Å². The average Bonchev–Trinajstić information content (AvgIpc) is 2.67. The predicted octanol–water partition coefficient (Wildman–Crippen LogP) is 7.87. The van der Waals surface area contributed by atoms with E-state index in [2.05, 4.69) is 71.8 Å². The van der Waals surface area contributed by atoms with Gasteiger partial charge in [-0.1, -0.05) is 47.1 Å². The third-order valence-electron chi connectivity index (χ3n) is 4.02. The molecule has 0 aliphatic rings. The third kappa shape index (κ3) is 5.77. The van der Waals surface area contributed by atoms with E-state index in [4.69, 9.17) is 4.74 Å². The van der Waals surface area contributed by atoms with Crippen LogP contribution in [0.5, 0.6) is 5.75 Å². The van der Waals surface area contributed by atoms with Crippen molar-refractivity contribution in [3.05, 3.63) is 90.8 Å². The quantitative estimate of drug-likeness (QED) is 0.286. The fraction of sp³-hybridized carbons (Fsp3) is 0.136. The summed E-state index contributed by atoms with van der Waals surface area (Å²) in [6, 6.07) is 20.4. The first-order valence-corrected chi connectivity index (χ1v) is 10.9. The number of nitrogens with zero attached hydrogens (tertiary/aromatic N) is 1. The van der Waals surface area contributed by atoms with Crippen molar-refractivity contribution in [3.63, 3.8) is 0 Å². The molecular formula is C22H18Br3NO. The summed E-state index contributed by atoms with van der Waals surface area (Å²) in [5.41, 5.74) is 4.35. The second-order valence-corrected chi connectivity index (χ2v) is 8.63. The zero-order valence-electron chi connectivity index (χ0n) is 14.8. The molecule has 5 heteroatoms. The molecule has 0 aromatic heterocycles. The SMILES string of the molecule is CCc1ccc(N=Cc2cc(Br)c(OCc3ccc(Br)cc3)c(Br)c2)cc1. The highest BCUT2D eigenvalue weighted by molar-refractivity contribution is 9.11. The molecule has 0 fully saturated rings. The zero-order valence-corrected chi connectivity index (χ0v) is 19.5. The first kappa shape index (κ1) is 20.3. The van der Waals surface area contributed by atoms with Gasteiger partial charge in [0.1, 0.15) is 12.4 Å². The summed E-state index contributed by atoms with van der Waals surface area (Å²) >= 11 is 10.7. The van der Waals surface area contributed by atoms with Crippen LogP contribution >= 0.6 is 47.8 Å². The van der Waals surface area contributed by atoms with E-state index in [1.54, 1.807) is 0 Å². The Hall–Kier alpha value is -1.43. The highest BCUT2D eigenvalue weighted by atomic mass is 79.9. The number of hydrogen-bond acceptors (Lipinski definition) is 2. The minimum Gasteiger partial charge on any atom is -0.487 e. The normalized spacial score (nSPS) is 11.1. The van der Waals surface area contributed by atoms with Gasteiger partial charge in [-0.2, -0.15) is 0 Å². The van der Waals surface area contributed by atoms with E-state index in [1.165, 1.54) is 5.56 Å². The van der Waals surface area contributed by atoms with Crippen LogP contribution in [-0.2, 0) is 13.0 Å². The molecule has 0 heterocycles. The predicted molar refractivity (Wildman–Crippen MR) is 123 cm³/mol. The molecule has 3 rings (SSSR count). The van der Waals surface area contributed by atoms with E-state index in [-0.39, 0.29) is 0 Å². The maximum atomic E-state index is 5.98. The largest absolute Gasteiger partial charge is 0.487 e. The molecule has 3 aromatic carbocycles. The van der Waals surface area contributed by atoms with E-state index in [9.17, 15) is 0 Å². The van der Waals surface area contributed by atoms with Crippen LogP contribution in [-0.4, -0.2) is 6.21 Å². The number of aryl methyl sites for hydroxylation is 1. The molecule has 0 radical (unpaired) electrons. The van der Waals surface area contributed by atoms with Gasteiger partial charge < -0.3 is 4.74 Å². The summed E-state index contributed by atoms with van der Waals surface area (Å²) in [4.78, 5) is 4.55. The van der Waals surface area contributed by atoms with Gasteiger partial charge in [-0.15, -0.1) is 0 Å². The van der Waals surface area contributed by atoms with Crippen LogP contribution in [0.1, 0.15) is 23.6 Å². The zero-order chi connectivity index (χ0) is 19.2. The monoisotopic (exact) mass is 549 g/mol. The Morgan fingerprint density at radius 2 is 1.44 bits per heavy atom. The summed E-state index contributed by atoms with van der Waals surface area (Å²) in [6.45, 7) is 2.65. The van der Waals surface area contributed by atoms with Crippen molar-refractivity contribution in [3.8, 4) is 5.75 Å². The second kappa shape index (κ2) is 9.67. The Labute approximate surface area is 185 Å². The van der Waals surface area contributed by atoms with Gasteiger partial charge in [0, 0.05) is 10.7 Å². The minimum absolute atomic E-state index is 0.502. The summed E-state index contributed by atoms with van der Waals surface area (Å²) < 4.78 is 8.81. The van der Waals surface area contributed by atoms with Crippen LogP contribution in [0.4, 0.5) is 5.69 Å². The smallest absolute Gasteiger partial charge is 0.148 e. The number of halogens is 3. The summed E-state index contributed by atoms with van der Waals surface area (Å²) in [5.74, 6) is 0.780. The van der Waals surface area contributed by atoms with Crippen molar-refractivity contribution in [2.75, 3.05) is 0 Å². The topological polar surface area (TPSA) is 21.6 Å². The molecular weight excluding hydrogens is 534 g/mol. The lowest BCUT2D eigenvalue weighted by Crippen LogP contribution is -1.97. The molecule has 2 nitrogen and oxygen atoms in total. The average molecular weight is 552 g/mol. The van der Waals surface area contributed by atoms with Gasteiger partial charge in [-0.25, -0.2) is 0 Å². The van der Waals surface area contributed by atoms with E-state index in [0.717, 1.165) is 42.4 Å². The standard InChI is InChI=1S/C22H18Br3NO/c1-2-15-5-9-19(10-6-15)26-13-17-11-20(24)22(21(25)12-17)27-14-16-3-7-18(23)8-4-16/h3-13H,2,14H2,1H3. The van der Waals surface area contributed by atoms with Crippen LogP contribution in [0.2, 0.25) is 0 Å². The van der Waals surface area contributed by atoms with Crippen molar-refractivity contribution < 1.29 is 4.74 Å². The minimum atomic E-state index is 0.502. The second-order valence-electron chi connectivity index (χ2n) is 6.01. The maximum Gasteiger partial charge on any atom is 0.148 e. The highest BCUT2D eigenvalue weighted by Gasteiger charge is 2.09. The maximum absolute atomic E-state index is 5.98. The lowest BCUT2D eigenvalue weighted by Gasteiger charge is -2.11. The molecule has 0 atom stereocenters. The van der Waals surface area contributed by atoms with Crippen molar-refractivity contribution in [1.29, 1.82) is 0 Å². The molecule has 0 saturated carbocycles. The van der Waals surface area contributed by atoms with Crippen molar-refractivity contribution >= 4 is 59.7 Å². The molecule has 0 aliphatic heterocycles. The number of rotatable bonds is 6. The Morgan fingerprint density at radius 1 is 0.852 bits per heavy atom. The lowest BCUT2D eigenvalue weighted by atomic mass is 10.1. The van der Waals surface area contributed by atoms with E-state index >= 15 is 0 Å². The molecule has 3 aromatic rings. The molecule has 0 N–H and O–H groups in total. The van der Waals surface area contributed by atoms with Crippen LogP contribution in [0, 0.1) is 0 Å².